The molecule has 0 saturated heterocycles. The fourth-order valence-corrected chi connectivity index (χ4v) is 2.70. The standard InChI is InChI=1S/C17H23NO2/c1-18(2)13-12-17(10-8-15(19)9-11-17)14-4-6-16(20-3)7-5-14/h4-8,10H,9,11-13H2,1-3H3/t17-/m0/s1. The van der Waals surface area contributed by atoms with E-state index in [1.54, 1.807) is 13.2 Å². The number of hydrogen-bond acceptors (Lipinski definition) is 3. The van der Waals surface area contributed by atoms with Crippen LogP contribution in [-0.2, 0) is 10.2 Å². The summed E-state index contributed by atoms with van der Waals surface area (Å²) < 4.78 is 5.22. The molecule has 0 unspecified atom stereocenters. The number of benzene rings is 1. The molecular weight excluding hydrogens is 250 g/mol. The average molecular weight is 273 g/mol. The van der Waals surface area contributed by atoms with Gasteiger partial charge in [-0.1, -0.05) is 18.2 Å². The lowest BCUT2D eigenvalue weighted by Gasteiger charge is -2.34. The number of hydrogen-bond donors (Lipinski definition) is 0. The van der Waals surface area contributed by atoms with Gasteiger partial charge in [0.2, 0.25) is 0 Å². The highest BCUT2D eigenvalue weighted by atomic mass is 16.5. The van der Waals surface area contributed by atoms with Crippen LogP contribution in [0.3, 0.4) is 0 Å². The molecule has 0 bridgehead atoms. The number of nitrogens with zero attached hydrogens (tertiary/aromatic N) is 1. The van der Waals surface area contributed by atoms with Crippen molar-refractivity contribution in [3.8, 4) is 5.75 Å². The maximum Gasteiger partial charge on any atom is 0.155 e. The second-order valence-electron chi connectivity index (χ2n) is 5.74. The van der Waals surface area contributed by atoms with Gasteiger partial charge in [0.1, 0.15) is 5.75 Å². The summed E-state index contributed by atoms with van der Waals surface area (Å²) >= 11 is 0. The Labute approximate surface area is 121 Å². The van der Waals surface area contributed by atoms with Crippen LogP contribution in [0.5, 0.6) is 5.75 Å². The van der Waals surface area contributed by atoms with E-state index < -0.39 is 0 Å². The van der Waals surface area contributed by atoms with Gasteiger partial charge < -0.3 is 9.64 Å². The van der Waals surface area contributed by atoms with Crippen molar-refractivity contribution in [2.75, 3.05) is 27.7 Å². The zero-order valence-electron chi connectivity index (χ0n) is 12.6. The van der Waals surface area contributed by atoms with Crippen molar-refractivity contribution in [2.24, 2.45) is 0 Å². The number of carbonyl (C=O) groups is 1. The topological polar surface area (TPSA) is 29.5 Å². The number of methoxy groups -OCH3 is 1. The van der Waals surface area contributed by atoms with Crippen molar-refractivity contribution in [3.63, 3.8) is 0 Å². The fraction of sp³-hybridized carbons (Fsp3) is 0.471. The fourth-order valence-electron chi connectivity index (χ4n) is 2.70. The van der Waals surface area contributed by atoms with E-state index in [4.69, 9.17) is 4.74 Å². The van der Waals surface area contributed by atoms with E-state index in [-0.39, 0.29) is 11.2 Å². The van der Waals surface area contributed by atoms with Crippen molar-refractivity contribution < 1.29 is 9.53 Å². The van der Waals surface area contributed by atoms with E-state index in [1.165, 1.54) is 5.56 Å². The molecule has 20 heavy (non-hydrogen) atoms. The molecule has 0 heterocycles. The maximum absolute atomic E-state index is 11.5. The summed E-state index contributed by atoms with van der Waals surface area (Å²) in [6.45, 7) is 1.00. The van der Waals surface area contributed by atoms with Crippen LogP contribution >= 0.6 is 0 Å². The van der Waals surface area contributed by atoms with E-state index in [1.807, 2.05) is 12.1 Å². The highest BCUT2D eigenvalue weighted by Gasteiger charge is 2.32. The molecule has 1 aromatic carbocycles. The molecule has 0 saturated carbocycles. The summed E-state index contributed by atoms with van der Waals surface area (Å²) in [7, 11) is 5.84. The monoisotopic (exact) mass is 273 g/mol. The first-order chi connectivity index (χ1) is 9.55. The van der Waals surface area contributed by atoms with Gasteiger partial charge in [-0.05, 0) is 57.3 Å². The molecule has 0 spiro atoms. The van der Waals surface area contributed by atoms with Crippen molar-refractivity contribution in [1.82, 2.24) is 4.90 Å². The molecule has 3 nitrogen and oxygen atoms in total. The molecule has 1 aliphatic rings. The van der Waals surface area contributed by atoms with Crippen LogP contribution in [0.4, 0.5) is 0 Å². The summed E-state index contributed by atoms with van der Waals surface area (Å²) in [5, 5.41) is 0. The molecule has 0 fully saturated rings. The third-order valence-electron chi connectivity index (χ3n) is 4.08. The molecule has 3 heteroatoms. The Morgan fingerprint density at radius 3 is 2.45 bits per heavy atom. The molecule has 1 aromatic rings. The van der Waals surface area contributed by atoms with Gasteiger partial charge in [0.05, 0.1) is 7.11 Å². The van der Waals surface area contributed by atoms with Gasteiger partial charge in [-0.2, -0.15) is 0 Å². The van der Waals surface area contributed by atoms with Crippen LogP contribution in [0.2, 0.25) is 0 Å². The van der Waals surface area contributed by atoms with Crippen LogP contribution in [0.15, 0.2) is 36.4 Å². The Morgan fingerprint density at radius 1 is 1.25 bits per heavy atom. The molecule has 0 aromatic heterocycles. The normalized spacial score (nSPS) is 22.3. The quantitative estimate of drug-likeness (QED) is 0.826. The lowest BCUT2D eigenvalue weighted by molar-refractivity contribution is -0.115. The molecule has 0 radical (unpaired) electrons. The van der Waals surface area contributed by atoms with Gasteiger partial charge >= 0.3 is 0 Å². The van der Waals surface area contributed by atoms with Gasteiger partial charge in [-0.15, -0.1) is 0 Å². The number of ketones is 1. The van der Waals surface area contributed by atoms with Crippen molar-refractivity contribution in [2.45, 2.75) is 24.7 Å². The highest BCUT2D eigenvalue weighted by molar-refractivity contribution is 5.91. The van der Waals surface area contributed by atoms with Crippen LogP contribution in [0.1, 0.15) is 24.8 Å². The second-order valence-corrected chi connectivity index (χ2v) is 5.74. The smallest absolute Gasteiger partial charge is 0.155 e. The highest BCUT2D eigenvalue weighted by Crippen LogP contribution is 2.38. The minimum atomic E-state index is -0.0234. The first-order valence-corrected chi connectivity index (χ1v) is 7.07. The largest absolute Gasteiger partial charge is 0.497 e. The molecule has 0 aliphatic heterocycles. The number of allylic oxidation sites excluding steroid dienone is 2. The van der Waals surface area contributed by atoms with E-state index in [2.05, 4.69) is 37.2 Å². The van der Waals surface area contributed by atoms with Gasteiger partial charge in [0.15, 0.2) is 5.78 Å². The van der Waals surface area contributed by atoms with E-state index >= 15 is 0 Å². The SMILES string of the molecule is COc1ccc([C@@]2(CCN(C)C)C=CC(=O)CC2)cc1. The summed E-state index contributed by atoms with van der Waals surface area (Å²) in [6.07, 6.45) is 6.40. The maximum atomic E-state index is 11.5. The third kappa shape index (κ3) is 3.28. The van der Waals surface area contributed by atoms with Crippen LogP contribution in [0, 0.1) is 0 Å². The van der Waals surface area contributed by atoms with Gasteiger partial charge in [-0.25, -0.2) is 0 Å². The minimum Gasteiger partial charge on any atom is -0.497 e. The van der Waals surface area contributed by atoms with Crippen molar-refractivity contribution in [1.29, 1.82) is 0 Å². The van der Waals surface area contributed by atoms with Crippen LogP contribution < -0.4 is 4.74 Å². The lowest BCUT2D eigenvalue weighted by atomic mass is 9.71. The summed E-state index contributed by atoms with van der Waals surface area (Å²) in [6, 6.07) is 8.23. The zero-order chi connectivity index (χ0) is 14.6. The van der Waals surface area contributed by atoms with Crippen molar-refractivity contribution >= 4 is 5.78 Å². The Balaban J connectivity index is 2.29. The predicted octanol–water partition coefficient (Wildman–Crippen LogP) is 2.80. The number of ether oxygens (including phenoxy) is 1. The summed E-state index contributed by atoms with van der Waals surface area (Å²) in [5.74, 6) is 1.10. The Morgan fingerprint density at radius 2 is 1.95 bits per heavy atom. The first-order valence-electron chi connectivity index (χ1n) is 7.07. The zero-order valence-corrected chi connectivity index (χ0v) is 12.6. The minimum absolute atomic E-state index is 0.0234. The van der Waals surface area contributed by atoms with Gasteiger partial charge in [0.25, 0.3) is 0 Å². The number of rotatable bonds is 5. The predicted molar refractivity (Wildman–Crippen MR) is 81.2 cm³/mol. The second kappa shape index (κ2) is 6.23. The molecular formula is C17H23NO2. The third-order valence-corrected chi connectivity index (χ3v) is 4.08. The average Bonchev–Trinajstić information content (AvgIpc) is 2.47. The van der Waals surface area contributed by atoms with Crippen LogP contribution in [-0.4, -0.2) is 38.4 Å². The molecule has 0 N–H and O–H groups in total. The van der Waals surface area contributed by atoms with Gasteiger partial charge in [0, 0.05) is 11.8 Å². The van der Waals surface area contributed by atoms with E-state index in [9.17, 15) is 4.79 Å². The molecule has 1 atom stereocenters. The first kappa shape index (κ1) is 14.8. The number of carbonyl (C=O) groups excluding carboxylic acids is 1. The van der Waals surface area contributed by atoms with E-state index in [0.717, 1.165) is 25.1 Å². The molecule has 0 amide bonds. The Hall–Kier alpha value is -1.61. The lowest BCUT2D eigenvalue weighted by Crippen LogP contribution is -2.32. The Bertz CT molecular complexity index is 490. The van der Waals surface area contributed by atoms with Crippen LogP contribution in [0.25, 0.3) is 0 Å². The van der Waals surface area contributed by atoms with Crippen molar-refractivity contribution in [3.05, 3.63) is 42.0 Å². The van der Waals surface area contributed by atoms with Gasteiger partial charge in [-0.3, -0.25) is 4.79 Å². The molecule has 1 aliphatic carbocycles. The van der Waals surface area contributed by atoms with E-state index in [0.29, 0.717) is 6.42 Å². The molecule has 2 rings (SSSR count). The summed E-state index contributed by atoms with van der Waals surface area (Å²) in [5.41, 5.74) is 1.24. The summed E-state index contributed by atoms with van der Waals surface area (Å²) in [4.78, 5) is 13.7. The molecule has 108 valence electrons. The Kier molecular flexibility index (Phi) is 4.61.